The molecule has 0 radical (unpaired) electrons. The van der Waals surface area contributed by atoms with Crippen molar-refractivity contribution in [2.75, 3.05) is 0 Å². The monoisotopic (exact) mass is 212 g/mol. The maximum atomic E-state index is 2.36. The molecule has 0 rings (SSSR count). The van der Waals surface area contributed by atoms with Crippen molar-refractivity contribution in [3.63, 3.8) is 0 Å². The van der Waals surface area contributed by atoms with E-state index in [1.54, 1.807) is 0 Å². The quantitative estimate of drug-likeness (QED) is 0.429. The number of rotatable bonds is 10. The Morgan fingerprint density at radius 2 is 1.27 bits per heavy atom. The Hall–Kier alpha value is 0. The van der Waals surface area contributed by atoms with Gasteiger partial charge in [0, 0.05) is 0 Å². The molecule has 0 aromatic heterocycles. The molecular weight excluding hydrogens is 180 g/mol. The van der Waals surface area contributed by atoms with Gasteiger partial charge in [-0.25, -0.2) is 0 Å². The minimum atomic E-state index is 1.00. The molecule has 0 aliphatic rings. The van der Waals surface area contributed by atoms with Gasteiger partial charge in [-0.05, 0) is 18.3 Å². The van der Waals surface area contributed by atoms with Crippen LogP contribution in [0.1, 0.15) is 85.5 Å². The summed E-state index contributed by atoms with van der Waals surface area (Å²) in [6, 6.07) is 0. The van der Waals surface area contributed by atoms with Crippen LogP contribution in [0.2, 0.25) is 0 Å². The van der Waals surface area contributed by atoms with Gasteiger partial charge in [0.05, 0.1) is 0 Å². The molecule has 0 saturated carbocycles. The molecular formula is C15H32. The fraction of sp³-hybridized carbons (Fsp3) is 1.00. The first-order valence-corrected chi connectivity index (χ1v) is 7.28. The van der Waals surface area contributed by atoms with Crippen LogP contribution in [-0.2, 0) is 0 Å². The second-order valence-electron chi connectivity index (χ2n) is 5.10. The van der Waals surface area contributed by atoms with E-state index >= 15 is 0 Å². The largest absolute Gasteiger partial charge is 0.0654 e. The second-order valence-corrected chi connectivity index (χ2v) is 5.10. The Labute approximate surface area is 97.8 Å². The van der Waals surface area contributed by atoms with E-state index < -0.39 is 0 Å². The third-order valence-electron chi connectivity index (χ3n) is 3.60. The van der Waals surface area contributed by atoms with Crippen LogP contribution < -0.4 is 0 Å². The Bertz CT molecular complexity index is 117. The predicted molar refractivity (Wildman–Crippen MR) is 71.2 cm³/mol. The van der Waals surface area contributed by atoms with Crippen molar-refractivity contribution >= 4 is 0 Å². The topological polar surface area (TPSA) is 0 Å². The third kappa shape index (κ3) is 7.88. The van der Waals surface area contributed by atoms with Crippen molar-refractivity contribution in [1.29, 1.82) is 0 Å². The predicted octanol–water partition coefficient (Wildman–Crippen LogP) is 5.81. The van der Waals surface area contributed by atoms with Gasteiger partial charge in [-0.1, -0.05) is 79.1 Å². The number of hydrogen-bond donors (Lipinski definition) is 0. The first kappa shape index (κ1) is 15.0. The van der Waals surface area contributed by atoms with E-state index in [9.17, 15) is 0 Å². The lowest BCUT2D eigenvalue weighted by Crippen LogP contribution is -2.08. The molecule has 2 unspecified atom stereocenters. The smallest absolute Gasteiger partial charge is 0.0412 e. The third-order valence-corrected chi connectivity index (χ3v) is 3.60. The van der Waals surface area contributed by atoms with E-state index in [0.29, 0.717) is 0 Å². The molecule has 0 nitrogen and oxygen atoms in total. The Balaban J connectivity index is 3.87. The van der Waals surface area contributed by atoms with Crippen molar-refractivity contribution in [3.8, 4) is 0 Å². The lowest BCUT2D eigenvalue weighted by atomic mass is 9.84. The maximum Gasteiger partial charge on any atom is -0.0412 e. The summed E-state index contributed by atoms with van der Waals surface area (Å²) < 4.78 is 0. The average Bonchev–Trinajstić information content (AvgIpc) is 2.25. The van der Waals surface area contributed by atoms with Crippen LogP contribution in [0, 0.1) is 11.8 Å². The summed E-state index contributed by atoms with van der Waals surface area (Å²) in [7, 11) is 0. The van der Waals surface area contributed by atoms with Crippen molar-refractivity contribution in [3.05, 3.63) is 0 Å². The minimum absolute atomic E-state index is 1.00. The highest BCUT2D eigenvalue weighted by molar-refractivity contribution is 4.65. The molecule has 0 aromatic rings. The van der Waals surface area contributed by atoms with Crippen LogP contribution >= 0.6 is 0 Å². The molecule has 0 amide bonds. The Morgan fingerprint density at radius 3 is 1.73 bits per heavy atom. The van der Waals surface area contributed by atoms with Gasteiger partial charge >= 0.3 is 0 Å². The molecule has 0 heterocycles. The first-order valence-electron chi connectivity index (χ1n) is 7.28. The minimum Gasteiger partial charge on any atom is -0.0654 e. The van der Waals surface area contributed by atoms with Crippen molar-refractivity contribution in [2.45, 2.75) is 85.5 Å². The summed E-state index contributed by atoms with van der Waals surface area (Å²) in [5, 5.41) is 0. The van der Waals surface area contributed by atoms with Gasteiger partial charge in [0.25, 0.3) is 0 Å². The van der Waals surface area contributed by atoms with Crippen LogP contribution in [-0.4, -0.2) is 0 Å². The average molecular weight is 212 g/mol. The highest BCUT2D eigenvalue weighted by Crippen LogP contribution is 2.27. The zero-order chi connectivity index (χ0) is 11.5. The zero-order valence-corrected chi connectivity index (χ0v) is 11.5. The molecule has 0 bridgehead atoms. The fourth-order valence-electron chi connectivity index (χ4n) is 2.65. The zero-order valence-electron chi connectivity index (χ0n) is 11.5. The molecule has 0 fully saturated rings. The van der Waals surface area contributed by atoms with Crippen LogP contribution in [0.3, 0.4) is 0 Å². The summed E-state index contributed by atoms with van der Waals surface area (Å²) in [5.41, 5.74) is 0. The summed E-state index contributed by atoms with van der Waals surface area (Å²) >= 11 is 0. The summed E-state index contributed by atoms with van der Waals surface area (Å²) in [4.78, 5) is 0. The number of unbranched alkanes of at least 4 members (excludes halogenated alkanes) is 1. The van der Waals surface area contributed by atoms with E-state index in [4.69, 9.17) is 0 Å². The van der Waals surface area contributed by atoms with Gasteiger partial charge in [0.2, 0.25) is 0 Å². The van der Waals surface area contributed by atoms with Crippen LogP contribution in [0.5, 0.6) is 0 Å². The second kappa shape index (κ2) is 10.5. The van der Waals surface area contributed by atoms with Gasteiger partial charge in [-0.15, -0.1) is 0 Å². The Kier molecular flexibility index (Phi) is 10.5. The SMILES string of the molecule is CCCCC(CCC)CC(CC)CCC. The highest BCUT2D eigenvalue weighted by Gasteiger charge is 2.13. The van der Waals surface area contributed by atoms with Gasteiger partial charge in [-0.3, -0.25) is 0 Å². The molecule has 0 aromatic carbocycles. The van der Waals surface area contributed by atoms with Crippen molar-refractivity contribution in [2.24, 2.45) is 11.8 Å². The molecule has 0 spiro atoms. The molecule has 0 aliphatic heterocycles. The maximum absolute atomic E-state index is 2.36. The highest BCUT2D eigenvalue weighted by atomic mass is 14.2. The van der Waals surface area contributed by atoms with E-state index in [-0.39, 0.29) is 0 Å². The molecule has 92 valence electrons. The molecule has 2 atom stereocenters. The molecule has 0 heteroatoms. The van der Waals surface area contributed by atoms with Gasteiger partial charge in [-0.2, -0.15) is 0 Å². The van der Waals surface area contributed by atoms with E-state index in [2.05, 4.69) is 27.7 Å². The standard InChI is InChI=1S/C15H32/c1-5-9-12-15(11-7-3)13-14(8-4)10-6-2/h14-15H,5-13H2,1-4H3. The fourth-order valence-corrected chi connectivity index (χ4v) is 2.65. The van der Waals surface area contributed by atoms with E-state index in [1.807, 2.05) is 0 Å². The van der Waals surface area contributed by atoms with Gasteiger partial charge < -0.3 is 0 Å². The van der Waals surface area contributed by atoms with E-state index in [1.165, 1.54) is 57.8 Å². The van der Waals surface area contributed by atoms with Crippen LogP contribution in [0.4, 0.5) is 0 Å². The van der Waals surface area contributed by atoms with Gasteiger partial charge in [0.1, 0.15) is 0 Å². The van der Waals surface area contributed by atoms with Crippen LogP contribution in [0.15, 0.2) is 0 Å². The lowest BCUT2D eigenvalue weighted by molar-refractivity contribution is 0.306. The van der Waals surface area contributed by atoms with Gasteiger partial charge in [0.15, 0.2) is 0 Å². The van der Waals surface area contributed by atoms with Crippen LogP contribution in [0.25, 0.3) is 0 Å². The molecule has 15 heavy (non-hydrogen) atoms. The first-order chi connectivity index (χ1) is 7.28. The molecule has 0 aliphatic carbocycles. The van der Waals surface area contributed by atoms with E-state index in [0.717, 1.165) is 11.8 Å². The number of hydrogen-bond acceptors (Lipinski definition) is 0. The lowest BCUT2D eigenvalue weighted by Gasteiger charge is -2.22. The normalized spacial score (nSPS) is 15.2. The van der Waals surface area contributed by atoms with Crippen molar-refractivity contribution in [1.82, 2.24) is 0 Å². The summed E-state index contributed by atoms with van der Waals surface area (Å²) in [6.07, 6.45) is 12.8. The van der Waals surface area contributed by atoms with Crippen molar-refractivity contribution < 1.29 is 0 Å². The molecule has 0 N–H and O–H groups in total. The molecule has 0 saturated heterocycles. The summed E-state index contributed by atoms with van der Waals surface area (Å²) in [5.74, 6) is 2.02. The summed E-state index contributed by atoms with van der Waals surface area (Å²) in [6.45, 7) is 9.33. The Morgan fingerprint density at radius 1 is 0.667 bits per heavy atom.